The Kier molecular flexibility index (Phi) is 4.33. The molecule has 2 rings (SSSR count). The normalized spacial score (nSPS) is 12.6. The summed E-state index contributed by atoms with van der Waals surface area (Å²) >= 11 is 1.65. The van der Waals surface area contributed by atoms with E-state index in [0.717, 1.165) is 18.2 Å². The molecule has 0 aromatic carbocycles. The van der Waals surface area contributed by atoms with Crippen molar-refractivity contribution in [3.8, 4) is 0 Å². The smallest absolute Gasteiger partial charge is 0.203 e. The van der Waals surface area contributed by atoms with Gasteiger partial charge in [0.15, 0.2) is 0 Å². The third kappa shape index (κ3) is 3.30. The first-order valence-corrected chi connectivity index (χ1v) is 6.73. The largest absolute Gasteiger partial charge is 0.383 e. The third-order valence-corrected chi connectivity index (χ3v) is 3.26. The van der Waals surface area contributed by atoms with Gasteiger partial charge < -0.3 is 14.6 Å². The zero-order valence-corrected chi connectivity index (χ0v) is 11.7. The molecule has 6 heteroatoms. The van der Waals surface area contributed by atoms with Crippen LogP contribution in [-0.2, 0) is 11.3 Å². The standard InChI is InChI=1S/C12H18N4OS/c1-9-5-16(6-11-4-13-8-18-11)12(14-9)15-10(2)7-17-3/h4-5,8,10H,6-7H2,1-3H3,(H,14,15). The fourth-order valence-electron chi connectivity index (χ4n) is 1.78. The number of anilines is 1. The number of aromatic nitrogens is 3. The van der Waals surface area contributed by atoms with Gasteiger partial charge in [-0.05, 0) is 13.8 Å². The Balaban J connectivity index is 2.10. The number of hydrogen-bond acceptors (Lipinski definition) is 5. The number of ether oxygens (including phenoxy) is 1. The molecule has 0 aliphatic rings. The van der Waals surface area contributed by atoms with Crippen molar-refractivity contribution in [2.45, 2.75) is 26.4 Å². The number of rotatable bonds is 6. The van der Waals surface area contributed by atoms with E-state index >= 15 is 0 Å². The number of methoxy groups -OCH3 is 1. The van der Waals surface area contributed by atoms with Gasteiger partial charge >= 0.3 is 0 Å². The molecule has 5 nitrogen and oxygen atoms in total. The summed E-state index contributed by atoms with van der Waals surface area (Å²) in [4.78, 5) is 9.80. The van der Waals surface area contributed by atoms with Crippen LogP contribution >= 0.6 is 11.3 Å². The average molecular weight is 266 g/mol. The van der Waals surface area contributed by atoms with Crippen LogP contribution in [0.3, 0.4) is 0 Å². The van der Waals surface area contributed by atoms with Crippen LogP contribution in [0.25, 0.3) is 0 Å². The first-order chi connectivity index (χ1) is 8.69. The number of imidazole rings is 1. The quantitative estimate of drug-likeness (QED) is 0.870. The second-order valence-electron chi connectivity index (χ2n) is 4.30. The van der Waals surface area contributed by atoms with Crippen molar-refractivity contribution in [2.24, 2.45) is 0 Å². The monoisotopic (exact) mass is 266 g/mol. The summed E-state index contributed by atoms with van der Waals surface area (Å²) in [6.07, 6.45) is 3.93. The number of thiazole rings is 1. The molecule has 1 atom stereocenters. The molecule has 0 saturated carbocycles. The Morgan fingerprint density at radius 3 is 3.06 bits per heavy atom. The highest BCUT2D eigenvalue weighted by molar-refractivity contribution is 7.09. The molecule has 0 bridgehead atoms. The van der Waals surface area contributed by atoms with Crippen molar-refractivity contribution < 1.29 is 4.74 Å². The van der Waals surface area contributed by atoms with Crippen LogP contribution in [0.15, 0.2) is 17.9 Å². The van der Waals surface area contributed by atoms with E-state index in [1.54, 1.807) is 18.4 Å². The summed E-state index contributed by atoms with van der Waals surface area (Å²) in [7, 11) is 1.70. The number of aryl methyl sites for hydroxylation is 1. The lowest BCUT2D eigenvalue weighted by molar-refractivity contribution is 0.190. The Morgan fingerprint density at radius 1 is 1.56 bits per heavy atom. The van der Waals surface area contributed by atoms with Gasteiger partial charge in [0.25, 0.3) is 0 Å². The Labute approximate surface area is 111 Å². The maximum Gasteiger partial charge on any atom is 0.203 e. The molecular weight excluding hydrogens is 248 g/mol. The topological polar surface area (TPSA) is 52.0 Å². The van der Waals surface area contributed by atoms with Crippen molar-refractivity contribution in [1.82, 2.24) is 14.5 Å². The molecule has 1 unspecified atom stereocenters. The fraction of sp³-hybridized carbons (Fsp3) is 0.500. The second kappa shape index (κ2) is 5.97. The number of nitrogens with one attached hydrogen (secondary N) is 1. The summed E-state index contributed by atoms with van der Waals surface area (Å²) in [5.74, 6) is 0.880. The maximum atomic E-state index is 5.12. The number of hydrogen-bond donors (Lipinski definition) is 1. The lowest BCUT2D eigenvalue weighted by atomic mass is 10.4. The van der Waals surface area contributed by atoms with Crippen LogP contribution in [-0.4, -0.2) is 34.3 Å². The summed E-state index contributed by atoms with van der Waals surface area (Å²) in [6.45, 7) is 5.53. The maximum absolute atomic E-state index is 5.12. The highest BCUT2D eigenvalue weighted by Crippen LogP contribution is 2.15. The van der Waals surface area contributed by atoms with E-state index in [-0.39, 0.29) is 6.04 Å². The minimum atomic E-state index is 0.233. The summed E-state index contributed by atoms with van der Waals surface area (Å²) in [6, 6.07) is 0.233. The lowest BCUT2D eigenvalue weighted by Gasteiger charge is -2.14. The van der Waals surface area contributed by atoms with E-state index in [0.29, 0.717) is 6.61 Å². The molecule has 0 amide bonds. The summed E-state index contributed by atoms with van der Waals surface area (Å²) < 4.78 is 7.23. The number of nitrogens with zero attached hydrogens (tertiary/aromatic N) is 3. The van der Waals surface area contributed by atoms with Gasteiger partial charge in [-0.2, -0.15) is 0 Å². The second-order valence-corrected chi connectivity index (χ2v) is 5.27. The van der Waals surface area contributed by atoms with E-state index in [2.05, 4.69) is 26.8 Å². The Hall–Kier alpha value is -1.40. The van der Waals surface area contributed by atoms with Gasteiger partial charge in [-0.1, -0.05) is 0 Å². The molecule has 1 N–H and O–H groups in total. The molecule has 0 aliphatic carbocycles. The minimum Gasteiger partial charge on any atom is -0.383 e. The molecule has 0 fully saturated rings. The average Bonchev–Trinajstić information content (AvgIpc) is 2.90. The SMILES string of the molecule is COCC(C)Nc1nc(C)cn1Cc1cncs1. The molecular formula is C12H18N4OS. The molecule has 0 saturated heterocycles. The highest BCUT2D eigenvalue weighted by atomic mass is 32.1. The van der Waals surface area contributed by atoms with Gasteiger partial charge in [0.2, 0.25) is 5.95 Å². The Morgan fingerprint density at radius 2 is 2.39 bits per heavy atom. The van der Waals surface area contributed by atoms with Crippen LogP contribution in [0.2, 0.25) is 0 Å². The first kappa shape index (κ1) is 13.0. The predicted octanol–water partition coefficient (Wildman–Crippen LogP) is 2.14. The van der Waals surface area contributed by atoms with Crippen molar-refractivity contribution in [3.63, 3.8) is 0 Å². The molecule has 2 aromatic rings. The zero-order chi connectivity index (χ0) is 13.0. The van der Waals surface area contributed by atoms with Crippen LogP contribution in [0, 0.1) is 6.92 Å². The molecule has 2 heterocycles. The van der Waals surface area contributed by atoms with Gasteiger partial charge in [-0.25, -0.2) is 4.98 Å². The third-order valence-electron chi connectivity index (χ3n) is 2.50. The van der Waals surface area contributed by atoms with Gasteiger partial charge in [0.1, 0.15) is 0 Å². The summed E-state index contributed by atoms with van der Waals surface area (Å²) in [5, 5.41) is 3.36. The van der Waals surface area contributed by atoms with Crippen LogP contribution in [0.5, 0.6) is 0 Å². The summed E-state index contributed by atoms with van der Waals surface area (Å²) in [5.41, 5.74) is 2.85. The van der Waals surface area contributed by atoms with Gasteiger partial charge in [0, 0.05) is 30.4 Å². The van der Waals surface area contributed by atoms with Crippen LogP contribution in [0.1, 0.15) is 17.5 Å². The van der Waals surface area contributed by atoms with Crippen LogP contribution in [0.4, 0.5) is 5.95 Å². The molecule has 0 aliphatic heterocycles. The van der Waals surface area contributed by atoms with Gasteiger partial charge in [-0.3, -0.25) is 4.98 Å². The van der Waals surface area contributed by atoms with E-state index in [4.69, 9.17) is 4.74 Å². The molecule has 98 valence electrons. The Bertz CT molecular complexity index is 480. The highest BCUT2D eigenvalue weighted by Gasteiger charge is 2.09. The zero-order valence-electron chi connectivity index (χ0n) is 10.9. The molecule has 0 spiro atoms. The van der Waals surface area contributed by atoms with Gasteiger partial charge in [0.05, 0.1) is 24.4 Å². The van der Waals surface area contributed by atoms with Crippen molar-refractivity contribution in [1.29, 1.82) is 0 Å². The lowest BCUT2D eigenvalue weighted by Crippen LogP contribution is -2.23. The van der Waals surface area contributed by atoms with Crippen molar-refractivity contribution >= 4 is 17.3 Å². The fourth-order valence-corrected chi connectivity index (χ4v) is 2.38. The van der Waals surface area contributed by atoms with E-state index in [1.165, 1.54) is 4.88 Å². The van der Waals surface area contributed by atoms with Gasteiger partial charge in [-0.15, -0.1) is 11.3 Å². The first-order valence-electron chi connectivity index (χ1n) is 5.85. The molecule has 0 radical (unpaired) electrons. The molecule has 18 heavy (non-hydrogen) atoms. The van der Waals surface area contributed by atoms with E-state index < -0.39 is 0 Å². The van der Waals surface area contributed by atoms with E-state index in [9.17, 15) is 0 Å². The molecule has 2 aromatic heterocycles. The minimum absolute atomic E-state index is 0.233. The van der Waals surface area contributed by atoms with E-state index in [1.807, 2.05) is 24.8 Å². The van der Waals surface area contributed by atoms with Crippen LogP contribution < -0.4 is 5.32 Å². The van der Waals surface area contributed by atoms with Crippen molar-refractivity contribution in [3.05, 3.63) is 28.5 Å². The predicted molar refractivity (Wildman–Crippen MR) is 73.1 cm³/mol. The van der Waals surface area contributed by atoms with Crippen molar-refractivity contribution in [2.75, 3.05) is 19.0 Å².